The van der Waals surface area contributed by atoms with Crippen LogP contribution in [0.3, 0.4) is 0 Å². The van der Waals surface area contributed by atoms with E-state index >= 15 is 0 Å². The molecule has 2 amide bonds. The van der Waals surface area contributed by atoms with Crippen molar-refractivity contribution in [2.75, 3.05) is 59.5 Å². The van der Waals surface area contributed by atoms with Crippen LogP contribution in [0.5, 0.6) is 0 Å². The molecule has 1 saturated heterocycles. The number of carboxylic acids is 1. The summed E-state index contributed by atoms with van der Waals surface area (Å²) in [5.74, 6) is -0.787. The van der Waals surface area contributed by atoms with Gasteiger partial charge in [-0.2, -0.15) is 0 Å². The topological polar surface area (TPSA) is 73.3 Å². The lowest BCUT2D eigenvalue weighted by Gasteiger charge is -2.37. The lowest BCUT2D eigenvalue weighted by Crippen LogP contribution is -2.53. The second kappa shape index (κ2) is 9.36. The van der Waals surface area contributed by atoms with Crippen molar-refractivity contribution in [3.05, 3.63) is 12.7 Å². The molecule has 1 heterocycles. The van der Waals surface area contributed by atoms with Crippen molar-refractivity contribution < 1.29 is 19.4 Å². The highest BCUT2D eigenvalue weighted by molar-refractivity contribution is 5.74. The SMILES string of the molecule is C=CCN(CCOC)C(=O)N1CCN(CCC(=O)O)CC1. The average Bonchev–Trinajstić information content (AvgIpc) is 2.49. The number of piperazine rings is 1. The Bertz CT molecular complexity index is 354. The van der Waals surface area contributed by atoms with Gasteiger partial charge in [0.1, 0.15) is 0 Å². The summed E-state index contributed by atoms with van der Waals surface area (Å²) in [7, 11) is 1.61. The quantitative estimate of drug-likeness (QED) is 0.654. The highest BCUT2D eigenvalue weighted by Gasteiger charge is 2.24. The highest BCUT2D eigenvalue weighted by atomic mass is 16.5. The van der Waals surface area contributed by atoms with Gasteiger partial charge < -0.3 is 19.6 Å². The van der Waals surface area contributed by atoms with Crippen molar-refractivity contribution >= 4 is 12.0 Å². The van der Waals surface area contributed by atoms with Crippen molar-refractivity contribution in [1.29, 1.82) is 0 Å². The van der Waals surface area contributed by atoms with Gasteiger partial charge in [-0.15, -0.1) is 6.58 Å². The van der Waals surface area contributed by atoms with Crippen LogP contribution in [0.25, 0.3) is 0 Å². The molecule has 0 saturated carbocycles. The molecule has 0 aromatic rings. The van der Waals surface area contributed by atoms with Gasteiger partial charge in [-0.05, 0) is 0 Å². The fourth-order valence-corrected chi connectivity index (χ4v) is 2.24. The van der Waals surface area contributed by atoms with Crippen LogP contribution in [0, 0.1) is 0 Å². The van der Waals surface area contributed by atoms with E-state index in [1.54, 1.807) is 23.0 Å². The van der Waals surface area contributed by atoms with Crippen molar-refractivity contribution in [2.45, 2.75) is 6.42 Å². The van der Waals surface area contributed by atoms with Gasteiger partial charge in [0.05, 0.1) is 13.0 Å². The Kier molecular flexibility index (Phi) is 7.78. The van der Waals surface area contributed by atoms with Crippen LogP contribution in [0.2, 0.25) is 0 Å². The molecule has 7 heteroatoms. The zero-order chi connectivity index (χ0) is 15.7. The minimum atomic E-state index is -0.787. The maximum atomic E-state index is 12.4. The van der Waals surface area contributed by atoms with Gasteiger partial charge in [0, 0.05) is 52.9 Å². The van der Waals surface area contributed by atoms with Gasteiger partial charge >= 0.3 is 12.0 Å². The number of hydrogen-bond acceptors (Lipinski definition) is 4. The molecule has 1 N–H and O–H groups in total. The second-order valence-electron chi connectivity index (χ2n) is 4.98. The Morgan fingerprint density at radius 2 is 2.00 bits per heavy atom. The minimum absolute atomic E-state index is 0.00941. The summed E-state index contributed by atoms with van der Waals surface area (Å²) in [6.45, 7) is 8.43. The van der Waals surface area contributed by atoms with Crippen LogP contribution in [0.15, 0.2) is 12.7 Å². The molecule has 120 valence electrons. The van der Waals surface area contributed by atoms with Crippen LogP contribution >= 0.6 is 0 Å². The van der Waals surface area contributed by atoms with Crippen LogP contribution in [-0.4, -0.2) is 91.3 Å². The summed E-state index contributed by atoms with van der Waals surface area (Å²) < 4.78 is 5.02. The number of aliphatic carboxylic acids is 1. The molecule has 0 radical (unpaired) electrons. The molecule has 1 aliphatic rings. The maximum Gasteiger partial charge on any atom is 0.320 e. The van der Waals surface area contributed by atoms with Gasteiger partial charge in [0.2, 0.25) is 0 Å². The van der Waals surface area contributed by atoms with E-state index in [-0.39, 0.29) is 12.5 Å². The number of methoxy groups -OCH3 is 1. The number of carbonyl (C=O) groups is 2. The fraction of sp³-hybridized carbons (Fsp3) is 0.714. The summed E-state index contributed by atoms with van der Waals surface area (Å²) in [5, 5.41) is 8.68. The molecule has 1 aliphatic heterocycles. The first-order valence-corrected chi connectivity index (χ1v) is 7.16. The Hall–Kier alpha value is -1.60. The van der Waals surface area contributed by atoms with E-state index < -0.39 is 5.97 Å². The van der Waals surface area contributed by atoms with E-state index in [0.717, 1.165) is 0 Å². The number of hydrogen-bond donors (Lipinski definition) is 1. The van der Waals surface area contributed by atoms with Crippen molar-refractivity contribution in [1.82, 2.24) is 14.7 Å². The number of ether oxygens (including phenoxy) is 1. The monoisotopic (exact) mass is 299 g/mol. The van der Waals surface area contributed by atoms with Gasteiger partial charge in [0.25, 0.3) is 0 Å². The fourth-order valence-electron chi connectivity index (χ4n) is 2.24. The molecule has 0 bridgehead atoms. The first-order valence-electron chi connectivity index (χ1n) is 7.16. The summed E-state index contributed by atoms with van der Waals surface area (Å²) in [5.41, 5.74) is 0. The van der Waals surface area contributed by atoms with Crippen LogP contribution in [0.1, 0.15) is 6.42 Å². The normalized spacial score (nSPS) is 15.8. The Labute approximate surface area is 125 Å². The Morgan fingerprint density at radius 1 is 1.33 bits per heavy atom. The zero-order valence-electron chi connectivity index (χ0n) is 12.7. The number of rotatable bonds is 8. The Balaban J connectivity index is 2.41. The van der Waals surface area contributed by atoms with E-state index in [4.69, 9.17) is 9.84 Å². The summed E-state index contributed by atoms with van der Waals surface area (Å²) in [6, 6.07) is -0.00941. The molecule has 0 unspecified atom stereocenters. The third-order valence-electron chi connectivity index (χ3n) is 3.47. The highest BCUT2D eigenvalue weighted by Crippen LogP contribution is 2.07. The van der Waals surface area contributed by atoms with Crippen LogP contribution < -0.4 is 0 Å². The molecule has 7 nitrogen and oxygen atoms in total. The molecular formula is C14H25N3O4. The van der Waals surface area contributed by atoms with E-state index in [9.17, 15) is 9.59 Å². The van der Waals surface area contributed by atoms with Gasteiger partial charge in [0.15, 0.2) is 0 Å². The molecule has 0 aliphatic carbocycles. The predicted octanol–water partition coefficient (Wildman–Crippen LogP) is 0.333. The molecule has 0 spiro atoms. The van der Waals surface area contributed by atoms with Crippen molar-refractivity contribution in [3.63, 3.8) is 0 Å². The van der Waals surface area contributed by atoms with E-state index in [1.807, 2.05) is 0 Å². The van der Waals surface area contributed by atoms with Gasteiger partial charge in [-0.25, -0.2) is 4.79 Å². The molecule has 0 atom stereocenters. The van der Waals surface area contributed by atoms with Crippen molar-refractivity contribution in [3.8, 4) is 0 Å². The molecule has 0 aromatic carbocycles. The number of carboxylic acid groups (broad SMARTS) is 1. The van der Waals surface area contributed by atoms with Crippen LogP contribution in [-0.2, 0) is 9.53 Å². The van der Waals surface area contributed by atoms with E-state index in [0.29, 0.717) is 52.4 Å². The lowest BCUT2D eigenvalue weighted by molar-refractivity contribution is -0.137. The first-order chi connectivity index (χ1) is 10.1. The van der Waals surface area contributed by atoms with Crippen LogP contribution in [0.4, 0.5) is 4.79 Å². The van der Waals surface area contributed by atoms with Gasteiger partial charge in [-0.1, -0.05) is 6.08 Å². The summed E-state index contributed by atoms with van der Waals surface area (Å²) in [4.78, 5) is 28.5. The van der Waals surface area contributed by atoms with Crippen molar-refractivity contribution in [2.24, 2.45) is 0 Å². The molecule has 0 aromatic heterocycles. The number of urea groups is 1. The average molecular weight is 299 g/mol. The number of nitrogens with zero attached hydrogens (tertiary/aromatic N) is 3. The smallest absolute Gasteiger partial charge is 0.320 e. The summed E-state index contributed by atoms with van der Waals surface area (Å²) >= 11 is 0. The maximum absolute atomic E-state index is 12.4. The second-order valence-corrected chi connectivity index (χ2v) is 4.98. The number of amides is 2. The molecular weight excluding hydrogens is 274 g/mol. The number of carbonyl (C=O) groups excluding carboxylic acids is 1. The standard InChI is InChI=1S/C14H25N3O4/c1-3-5-16(11-12-21-2)14(20)17-9-7-15(8-10-17)6-4-13(18)19/h3H,1,4-12H2,2H3,(H,18,19). The van der Waals surface area contributed by atoms with Gasteiger partial charge in [-0.3, -0.25) is 9.69 Å². The molecule has 21 heavy (non-hydrogen) atoms. The molecule has 1 rings (SSSR count). The Morgan fingerprint density at radius 3 is 2.52 bits per heavy atom. The van der Waals surface area contributed by atoms with E-state index in [1.165, 1.54) is 0 Å². The minimum Gasteiger partial charge on any atom is -0.481 e. The summed E-state index contributed by atoms with van der Waals surface area (Å²) in [6.07, 6.45) is 1.85. The van der Waals surface area contributed by atoms with E-state index in [2.05, 4.69) is 11.5 Å². The zero-order valence-corrected chi connectivity index (χ0v) is 12.7. The third-order valence-corrected chi connectivity index (χ3v) is 3.47. The lowest BCUT2D eigenvalue weighted by atomic mass is 10.3. The predicted molar refractivity (Wildman–Crippen MR) is 79.3 cm³/mol. The molecule has 1 fully saturated rings. The first kappa shape index (κ1) is 17.5. The largest absolute Gasteiger partial charge is 0.481 e. The third kappa shape index (κ3) is 6.14.